The number of hydrogen-bond donors (Lipinski definition) is 0. The molecule has 14 aromatic carbocycles. The fraction of sp³-hybridized carbons (Fsp3) is 0.437. The highest BCUT2D eigenvalue weighted by atomic mass is 14.2. The SMILES string of the molecule is CC.CC.CC.CC.CC.CC.CC.CC.CC.CC.CC.CC.CC.CC.CCC(CC)Cc1ccc2c(c1)CCc1cc(C)ccc1-2.CCC(CC)Cc1ccc2c(ccc3cc(C)ccc32)c1.CCc1ccc(-c2ccc(-c3cc(CC)cc(CC)c3)cc2)cc1.CCc1ccc(-c2ccc(-c3ccc(CC)c(CC)c3)cc2)cc1.CCc1ccc(-c2ccc(-c3ccc(CC)cc3CC)cc2)cc1. The number of rotatable bonds is 23. The van der Waals surface area contributed by atoms with Gasteiger partial charge in [0, 0.05) is 0 Å². The van der Waals surface area contributed by atoms with Gasteiger partial charge in [-0.2, -0.15) is 0 Å². The van der Waals surface area contributed by atoms with Crippen LogP contribution in [0, 0.1) is 25.7 Å². The van der Waals surface area contributed by atoms with Gasteiger partial charge in [0.1, 0.15) is 0 Å². The molecular formula is C142H212. The first-order valence-corrected chi connectivity index (χ1v) is 57.7. The van der Waals surface area contributed by atoms with E-state index in [0.717, 1.165) is 69.6 Å². The smallest absolute Gasteiger partial charge is 0.0105 e. The van der Waals surface area contributed by atoms with E-state index in [0.29, 0.717) is 0 Å². The van der Waals surface area contributed by atoms with Gasteiger partial charge in [-0.15, -0.1) is 0 Å². The summed E-state index contributed by atoms with van der Waals surface area (Å²) in [6.45, 7) is 89.5. The highest BCUT2D eigenvalue weighted by molar-refractivity contribution is 6.07. The van der Waals surface area contributed by atoms with Gasteiger partial charge in [0.15, 0.2) is 0 Å². The fourth-order valence-electron chi connectivity index (χ4n) is 16.5. The highest BCUT2D eigenvalue weighted by Crippen LogP contribution is 2.38. The van der Waals surface area contributed by atoms with Crippen LogP contribution in [-0.4, -0.2) is 0 Å². The minimum Gasteiger partial charge on any atom is -0.0683 e. The van der Waals surface area contributed by atoms with Crippen LogP contribution in [0.2, 0.25) is 0 Å². The van der Waals surface area contributed by atoms with Crippen molar-refractivity contribution in [1.82, 2.24) is 0 Å². The van der Waals surface area contributed by atoms with Crippen LogP contribution in [0.1, 0.15) is 393 Å². The summed E-state index contributed by atoms with van der Waals surface area (Å²) in [6, 6.07) is 107. The van der Waals surface area contributed by atoms with Crippen molar-refractivity contribution in [3.8, 4) is 77.9 Å². The van der Waals surface area contributed by atoms with E-state index in [2.05, 4.69) is 389 Å². The van der Waals surface area contributed by atoms with E-state index in [9.17, 15) is 0 Å². The Morgan fingerprint density at radius 1 is 0.169 bits per heavy atom. The molecule has 0 spiro atoms. The van der Waals surface area contributed by atoms with Gasteiger partial charge in [-0.1, -0.05) is 606 Å². The van der Waals surface area contributed by atoms with Crippen LogP contribution in [0.25, 0.3) is 99.4 Å². The fourth-order valence-corrected chi connectivity index (χ4v) is 16.5. The molecule has 0 unspecified atom stereocenters. The van der Waals surface area contributed by atoms with Crippen molar-refractivity contribution in [3.63, 3.8) is 0 Å². The van der Waals surface area contributed by atoms with Gasteiger partial charge in [-0.3, -0.25) is 0 Å². The van der Waals surface area contributed by atoms with Crippen molar-refractivity contribution in [3.05, 3.63) is 369 Å². The summed E-state index contributed by atoms with van der Waals surface area (Å²) >= 11 is 0. The van der Waals surface area contributed by atoms with Crippen LogP contribution in [-0.2, 0) is 83.5 Å². The van der Waals surface area contributed by atoms with Crippen LogP contribution in [0.5, 0.6) is 0 Å². The normalized spacial score (nSPS) is 9.73. The summed E-state index contributed by atoms with van der Waals surface area (Å²) in [4.78, 5) is 0. The first kappa shape index (κ1) is 138. The minimum absolute atomic E-state index is 0.811. The molecule has 0 nitrogen and oxygen atoms in total. The molecular weight excluding hydrogens is 1710 g/mol. The van der Waals surface area contributed by atoms with E-state index >= 15 is 0 Å². The van der Waals surface area contributed by atoms with Crippen LogP contribution >= 0.6 is 0 Å². The second-order valence-corrected chi connectivity index (χ2v) is 31.8. The molecule has 0 amide bonds. The van der Waals surface area contributed by atoms with Gasteiger partial charge in [-0.05, 0) is 281 Å². The predicted octanol–water partition coefficient (Wildman–Crippen LogP) is 46.5. The van der Waals surface area contributed by atoms with Crippen molar-refractivity contribution in [2.45, 2.75) is 407 Å². The zero-order valence-electron chi connectivity index (χ0n) is 99.8. The Kier molecular flexibility index (Phi) is 84.7. The van der Waals surface area contributed by atoms with Crippen molar-refractivity contribution in [2.75, 3.05) is 0 Å². The van der Waals surface area contributed by atoms with Crippen molar-refractivity contribution >= 4 is 21.5 Å². The lowest BCUT2D eigenvalue weighted by atomic mass is 9.83. The molecule has 0 bridgehead atoms. The lowest BCUT2D eigenvalue weighted by Crippen LogP contribution is -2.07. The highest BCUT2D eigenvalue weighted by Gasteiger charge is 2.18. The molecule has 0 saturated carbocycles. The second kappa shape index (κ2) is 87.2. The third kappa shape index (κ3) is 46.1. The molecule has 0 aliphatic heterocycles. The maximum atomic E-state index is 2.47. The quantitative estimate of drug-likeness (QED) is 0.0560. The van der Waals surface area contributed by atoms with Gasteiger partial charge in [0.05, 0.1) is 0 Å². The van der Waals surface area contributed by atoms with E-state index in [-0.39, 0.29) is 0 Å². The average Bonchev–Trinajstić information content (AvgIpc) is 0.784. The Labute approximate surface area is 880 Å². The number of fused-ring (bicyclic) bond motifs is 6. The Morgan fingerprint density at radius 3 is 0.796 bits per heavy atom. The standard InChI is InChI=1S/3C24H26.C21H26.C21H24.14C2H6/c1-4-18-7-10-21(11-8-18)22-12-14-23(15-13-22)24-16-9-19(5-2)17-20(24)6-3;1-4-18-7-9-21(10-8-18)22-12-14-23(15-13-22)24-16-11-19(5-2)20(6-3)17-24;1-4-18-7-9-21(10-8-18)22-11-13-23(14-12-22)24-16-19(5-2)15-20(6-3)17-24;2*1-4-16(5-2)13-17-7-11-21-19(14-17)9-8-18-12-15(3)6-10-20(18)21;14*1-2/h3*7-17H,4-6H2,1-3H3;6-7,10-12,14,16H,4-5,8-9,13H2,1-3H3;6-12,14,16H,4-5,13H2,1-3H3;14*1-2H3. The molecule has 142 heavy (non-hydrogen) atoms. The average molecular weight is 1920 g/mol. The molecule has 0 N–H and O–H groups in total. The van der Waals surface area contributed by atoms with Crippen molar-refractivity contribution in [1.29, 1.82) is 0 Å². The third-order valence-electron chi connectivity index (χ3n) is 24.3. The summed E-state index contributed by atoms with van der Waals surface area (Å²) in [6.07, 6.45) is 19.8. The summed E-state index contributed by atoms with van der Waals surface area (Å²) in [5.74, 6) is 1.65. The Hall–Kier alpha value is -10.4. The zero-order valence-corrected chi connectivity index (χ0v) is 99.8. The molecule has 1 aliphatic rings. The van der Waals surface area contributed by atoms with Gasteiger partial charge >= 0.3 is 0 Å². The second-order valence-electron chi connectivity index (χ2n) is 31.8. The van der Waals surface area contributed by atoms with Crippen molar-refractivity contribution < 1.29 is 0 Å². The van der Waals surface area contributed by atoms with Gasteiger partial charge in [0.2, 0.25) is 0 Å². The minimum atomic E-state index is 0.811. The van der Waals surface area contributed by atoms with Crippen LogP contribution in [0.3, 0.4) is 0 Å². The summed E-state index contributed by atoms with van der Waals surface area (Å²) in [5.41, 5.74) is 40.1. The zero-order chi connectivity index (χ0) is 108. The molecule has 780 valence electrons. The van der Waals surface area contributed by atoms with Crippen molar-refractivity contribution in [2.24, 2.45) is 11.8 Å². The summed E-state index contributed by atoms with van der Waals surface area (Å²) < 4.78 is 0. The molecule has 0 radical (unpaired) electrons. The topological polar surface area (TPSA) is 0 Å². The Morgan fingerprint density at radius 2 is 0.437 bits per heavy atom. The van der Waals surface area contributed by atoms with E-state index < -0.39 is 0 Å². The first-order valence-electron chi connectivity index (χ1n) is 57.7. The maximum Gasteiger partial charge on any atom is -0.0105 e. The maximum absolute atomic E-state index is 2.47. The summed E-state index contributed by atoms with van der Waals surface area (Å²) in [5, 5.41) is 5.46. The molecule has 15 rings (SSSR count). The lowest BCUT2D eigenvalue weighted by Gasteiger charge is -2.22. The molecule has 0 atom stereocenters. The van der Waals surface area contributed by atoms with Crippen LogP contribution < -0.4 is 0 Å². The van der Waals surface area contributed by atoms with Gasteiger partial charge in [-0.25, -0.2) is 0 Å². The van der Waals surface area contributed by atoms with E-state index in [1.54, 1.807) is 5.56 Å². The van der Waals surface area contributed by atoms with Crippen LogP contribution in [0.4, 0.5) is 0 Å². The monoisotopic (exact) mass is 1920 g/mol. The molecule has 0 heteroatoms. The summed E-state index contributed by atoms with van der Waals surface area (Å²) in [7, 11) is 0. The first-order chi connectivity index (χ1) is 69.6. The Bertz CT molecular complexity index is 5320. The Balaban J connectivity index is -0.000000787. The van der Waals surface area contributed by atoms with Crippen LogP contribution in [0.15, 0.2) is 285 Å². The number of hydrogen-bond acceptors (Lipinski definition) is 0. The predicted molar refractivity (Wildman–Crippen MR) is 661 cm³/mol. The molecule has 0 fully saturated rings. The molecule has 0 heterocycles. The van der Waals surface area contributed by atoms with Gasteiger partial charge < -0.3 is 0 Å². The van der Waals surface area contributed by atoms with Gasteiger partial charge in [0.25, 0.3) is 0 Å². The number of benzene rings is 14. The molecule has 14 aromatic rings. The van der Waals surface area contributed by atoms with E-state index in [4.69, 9.17) is 0 Å². The molecule has 0 saturated heterocycles. The van der Waals surface area contributed by atoms with E-state index in [1.807, 2.05) is 194 Å². The molecule has 1 aliphatic carbocycles. The number of aryl methyl sites for hydroxylation is 13. The van der Waals surface area contributed by atoms with E-state index in [1.165, 1.54) is 229 Å². The molecule has 0 aromatic heterocycles. The largest absolute Gasteiger partial charge is 0.0683 e. The lowest BCUT2D eigenvalue weighted by molar-refractivity contribution is 0.490. The third-order valence-corrected chi connectivity index (χ3v) is 24.3.